The fourth-order valence-electron chi connectivity index (χ4n) is 4.00. The molecule has 1 fully saturated rings. The minimum Gasteiger partial charge on any atom is -0.494 e. The third-order valence-corrected chi connectivity index (χ3v) is 5.74. The molecule has 0 radical (unpaired) electrons. The molecular formula is C25H31FO. The molecule has 144 valence electrons. The van der Waals surface area contributed by atoms with Gasteiger partial charge in [-0.15, -0.1) is 0 Å². The third kappa shape index (κ3) is 5.69. The van der Waals surface area contributed by atoms with Crippen LogP contribution in [-0.2, 0) is 0 Å². The van der Waals surface area contributed by atoms with E-state index in [4.69, 9.17) is 4.74 Å². The molecule has 1 nitrogen and oxygen atoms in total. The van der Waals surface area contributed by atoms with Crippen LogP contribution in [-0.4, -0.2) is 6.61 Å². The van der Waals surface area contributed by atoms with E-state index in [-0.39, 0.29) is 0 Å². The van der Waals surface area contributed by atoms with E-state index in [1.54, 1.807) is 6.08 Å². The summed E-state index contributed by atoms with van der Waals surface area (Å²) in [4.78, 5) is 0. The van der Waals surface area contributed by atoms with E-state index in [0.29, 0.717) is 18.2 Å². The number of halogens is 1. The Bertz CT molecular complexity index is 694. The molecule has 0 spiro atoms. The van der Waals surface area contributed by atoms with Crippen LogP contribution in [0.25, 0.3) is 11.1 Å². The predicted molar refractivity (Wildman–Crippen MR) is 112 cm³/mol. The van der Waals surface area contributed by atoms with Gasteiger partial charge < -0.3 is 4.74 Å². The monoisotopic (exact) mass is 366 g/mol. The zero-order valence-corrected chi connectivity index (χ0v) is 16.4. The van der Waals surface area contributed by atoms with Crippen molar-refractivity contribution in [3.05, 3.63) is 66.5 Å². The van der Waals surface area contributed by atoms with Gasteiger partial charge in [-0.25, -0.2) is 4.39 Å². The maximum absolute atomic E-state index is 12.2. The van der Waals surface area contributed by atoms with E-state index < -0.39 is 0 Å². The lowest BCUT2D eigenvalue weighted by molar-refractivity contribution is 0.309. The summed E-state index contributed by atoms with van der Waals surface area (Å²) in [6.45, 7) is 2.96. The summed E-state index contributed by atoms with van der Waals surface area (Å²) in [6, 6.07) is 17.4. The first-order valence-electron chi connectivity index (χ1n) is 10.4. The molecule has 1 aliphatic rings. The molecule has 2 aromatic rings. The third-order valence-electron chi connectivity index (χ3n) is 5.74. The van der Waals surface area contributed by atoms with Crippen molar-refractivity contribution in [2.45, 2.75) is 57.8 Å². The zero-order chi connectivity index (χ0) is 18.9. The van der Waals surface area contributed by atoms with Gasteiger partial charge in [0.2, 0.25) is 0 Å². The van der Waals surface area contributed by atoms with E-state index >= 15 is 0 Å². The topological polar surface area (TPSA) is 9.23 Å². The van der Waals surface area contributed by atoms with Crippen molar-refractivity contribution >= 4 is 0 Å². The summed E-state index contributed by atoms with van der Waals surface area (Å²) in [5.41, 5.74) is 3.92. The average molecular weight is 367 g/mol. The van der Waals surface area contributed by atoms with E-state index in [2.05, 4.69) is 55.5 Å². The minimum atomic E-state index is 0.652. The number of unbranched alkanes of at least 4 members (excludes halogenated alkanes) is 1. The van der Waals surface area contributed by atoms with Gasteiger partial charge in [-0.3, -0.25) is 0 Å². The molecule has 0 aliphatic heterocycles. The van der Waals surface area contributed by atoms with Crippen LogP contribution in [0.3, 0.4) is 0 Å². The van der Waals surface area contributed by atoms with Crippen LogP contribution in [0.4, 0.5) is 4.39 Å². The van der Waals surface area contributed by atoms with E-state index in [1.807, 2.05) is 0 Å². The smallest absolute Gasteiger partial charge is 0.119 e. The first-order valence-corrected chi connectivity index (χ1v) is 10.4. The van der Waals surface area contributed by atoms with Gasteiger partial charge in [0.1, 0.15) is 5.75 Å². The van der Waals surface area contributed by atoms with Crippen molar-refractivity contribution in [1.82, 2.24) is 0 Å². The minimum absolute atomic E-state index is 0.652. The highest BCUT2D eigenvalue weighted by atomic mass is 19.1. The van der Waals surface area contributed by atoms with Crippen LogP contribution in [0.5, 0.6) is 5.75 Å². The second-order valence-electron chi connectivity index (χ2n) is 7.66. The summed E-state index contributed by atoms with van der Waals surface area (Å²) in [5.74, 6) is 2.26. The Morgan fingerprint density at radius 2 is 1.56 bits per heavy atom. The van der Waals surface area contributed by atoms with Crippen LogP contribution in [0, 0.1) is 5.92 Å². The van der Waals surface area contributed by atoms with E-state index in [9.17, 15) is 4.39 Å². The Labute approximate surface area is 163 Å². The van der Waals surface area contributed by atoms with Crippen molar-refractivity contribution in [1.29, 1.82) is 0 Å². The van der Waals surface area contributed by atoms with Gasteiger partial charge in [0, 0.05) is 0 Å². The molecular weight excluding hydrogens is 335 g/mol. The molecule has 0 atom stereocenters. The first kappa shape index (κ1) is 19.7. The lowest BCUT2D eigenvalue weighted by Crippen LogP contribution is -2.12. The van der Waals surface area contributed by atoms with Crippen LogP contribution in [0.2, 0.25) is 0 Å². The molecule has 0 saturated heterocycles. The van der Waals surface area contributed by atoms with Gasteiger partial charge in [-0.1, -0.05) is 55.8 Å². The molecule has 0 bridgehead atoms. The van der Waals surface area contributed by atoms with Crippen LogP contribution >= 0.6 is 0 Å². The number of hydrogen-bond acceptors (Lipinski definition) is 1. The number of hydrogen-bond donors (Lipinski definition) is 0. The summed E-state index contributed by atoms with van der Waals surface area (Å²) in [5, 5.41) is 0. The highest BCUT2D eigenvalue weighted by Gasteiger charge is 2.21. The molecule has 1 saturated carbocycles. The second kappa shape index (κ2) is 10.3. The molecule has 0 heterocycles. The summed E-state index contributed by atoms with van der Waals surface area (Å²) in [6.07, 6.45) is 10.3. The Morgan fingerprint density at radius 1 is 0.926 bits per heavy atom. The molecule has 2 aromatic carbocycles. The Morgan fingerprint density at radius 3 is 2.15 bits per heavy atom. The summed E-state index contributed by atoms with van der Waals surface area (Å²) < 4.78 is 17.9. The maximum atomic E-state index is 12.2. The SMILES string of the molecule is CCCCOc1ccc(-c2ccc(C3CCC(CC=CF)CC3)cc2)cc1. The van der Waals surface area contributed by atoms with Crippen molar-refractivity contribution in [2.75, 3.05) is 6.61 Å². The molecule has 27 heavy (non-hydrogen) atoms. The quantitative estimate of drug-likeness (QED) is 0.435. The lowest BCUT2D eigenvalue weighted by atomic mass is 9.77. The Hall–Kier alpha value is -2.09. The first-order chi connectivity index (χ1) is 13.3. The van der Waals surface area contributed by atoms with E-state index in [0.717, 1.165) is 31.6 Å². The number of ether oxygens (including phenoxy) is 1. The fourth-order valence-corrected chi connectivity index (χ4v) is 4.00. The van der Waals surface area contributed by atoms with Gasteiger partial charge >= 0.3 is 0 Å². The van der Waals surface area contributed by atoms with Gasteiger partial charge in [0.25, 0.3) is 0 Å². The normalized spacial score (nSPS) is 20.1. The van der Waals surface area contributed by atoms with Crippen molar-refractivity contribution in [2.24, 2.45) is 5.92 Å². The predicted octanol–water partition coefficient (Wildman–Crippen LogP) is 7.68. The highest BCUT2D eigenvalue weighted by Crippen LogP contribution is 2.37. The maximum Gasteiger partial charge on any atom is 0.119 e. The summed E-state index contributed by atoms with van der Waals surface area (Å²) in [7, 11) is 0. The van der Waals surface area contributed by atoms with Gasteiger partial charge in [-0.05, 0) is 79.2 Å². The van der Waals surface area contributed by atoms with Gasteiger partial charge in [-0.2, -0.15) is 0 Å². The lowest BCUT2D eigenvalue weighted by Gasteiger charge is -2.28. The van der Waals surface area contributed by atoms with Gasteiger partial charge in [0.15, 0.2) is 0 Å². The molecule has 0 unspecified atom stereocenters. The molecule has 2 heteroatoms. The standard InChI is InChI=1S/C25H31FO/c1-2-3-19-27-25-16-14-24(15-17-25)23-12-10-22(11-13-23)21-8-6-20(7-9-21)5-4-18-26/h4,10-18,20-21H,2-3,5-9,19H2,1H3. The molecule has 0 N–H and O–H groups in total. The fraction of sp³-hybridized carbons (Fsp3) is 0.440. The molecule has 0 amide bonds. The number of rotatable bonds is 8. The average Bonchev–Trinajstić information content (AvgIpc) is 2.73. The van der Waals surface area contributed by atoms with Crippen molar-refractivity contribution < 1.29 is 9.13 Å². The Balaban J connectivity index is 1.56. The molecule has 1 aliphatic carbocycles. The van der Waals surface area contributed by atoms with E-state index in [1.165, 1.54) is 42.4 Å². The Kier molecular flexibility index (Phi) is 7.50. The van der Waals surface area contributed by atoms with Crippen molar-refractivity contribution in [3.63, 3.8) is 0 Å². The van der Waals surface area contributed by atoms with Crippen LogP contribution < -0.4 is 4.74 Å². The van der Waals surface area contributed by atoms with Crippen LogP contribution in [0.1, 0.15) is 63.4 Å². The number of benzene rings is 2. The van der Waals surface area contributed by atoms with Crippen LogP contribution in [0.15, 0.2) is 60.9 Å². The molecule has 0 aromatic heterocycles. The highest BCUT2D eigenvalue weighted by molar-refractivity contribution is 5.64. The van der Waals surface area contributed by atoms with Gasteiger partial charge in [0.05, 0.1) is 12.9 Å². The molecule has 3 rings (SSSR count). The number of allylic oxidation sites excluding steroid dienone is 1. The summed E-state index contributed by atoms with van der Waals surface area (Å²) >= 11 is 0. The second-order valence-corrected chi connectivity index (χ2v) is 7.66. The largest absolute Gasteiger partial charge is 0.494 e. The van der Waals surface area contributed by atoms with Crippen molar-refractivity contribution in [3.8, 4) is 16.9 Å². The zero-order valence-electron chi connectivity index (χ0n) is 16.4.